The zero-order valence-corrected chi connectivity index (χ0v) is 11.4. The monoisotopic (exact) mass is 273 g/mol. The summed E-state index contributed by atoms with van der Waals surface area (Å²) in [6, 6.07) is 7.60. The van der Waals surface area contributed by atoms with Crippen LogP contribution >= 0.6 is 0 Å². The third-order valence-electron chi connectivity index (χ3n) is 3.65. The molecule has 1 aliphatic heterocycles. The van der Waals surface area contributed by atoms with Crippen molar-refractivity contribution in [3.63, 3.8) is 0 Å². The first-order chi connectivity index (χ1) is 9.81. The van der Waals surface area contributed by atoms with Gasteiger partial charge in [-0.15, -0.1) is 0 Å². The molecule has 106 valence electrons. The van der Waals surface area contributed by atoms with Gasteiger partial charge in [-0.3, -0.25) is 4.79 Å². The fourth-order valence-electron chi connectivity index (χ4n) is 2.57. The second-order valence-electron chi connectivity index (χ2n) is 5.27. The quantitative estimate of drug-likeness (QED) is 0.856. The van der Waals surface area contributed by atoms with Crippen LogP contribution in [-0.4, -0.2) is 25.2 Å². The number of rotatable bonds is 4. The number of amides is 1. The van der Waals surface area contributed by atoms with Gasteiger partial charge in [0.05, 0.1) is 6.54 Å². The maximum atomic E-state index is 11.8. The lowest BCUT2D eigenvalue weighted by atomic mass is 10.1. The SMILES string of the molecule is O=C(CC1C=CCC1)NCC1COc2ccccc2O1. The van der Waals surface area contributed by atoms with Crippen LogP contribution in [0.2, 0.25) is 0 Å². The number of hydrogen-bond donors (Lipinski definition) is 1. The predicted octanol–water partition coefficient (Wildman–Crippen LogP) is 2.30. The van der Waals surface area contributed by atoms with Gasteiger partial charge in [0.25, 0.3) is 0 Å². The summed E-state index contributed by atoms with van der Waals surface area (Å²) < 4.78 is 11.4. The molecule has 0 spiro atoms. The second-order valence-corrected chi connectivity index (χ2v) is 5.27. The van der Waals surface area contributed by atoms with Crippen LogP contribution in [0.3, 0.4) is 0 Å². The predicted molar refractivity (Wildman–Crippen MR) is 75.8 cm³/mol. The average molecular weight is 273 g/mol. The van der Waals surface area contributed by atoms with Gasteiger partial charge in [-0.25, -0.2) is 0 Å². The van der Waals surface area contributed by atoms with Crippen LogP contribution in [-0.2, 0) is 4.79 Å². The molecule has 3 rings (SSSR count). The molecule has 0 aromatic heterocycles. The van der Waals surface area contributed by atoms with Crippen LogP contribution in [0.25, 0.3) is 0 Å². The molecule has 1 N–H and O–H groups in total. The van der Waals surface area contributed by atoms with Gasteiger partial charge in [0.2, 0.25) is 5.91 Å². The molecule has 1 amide bonds. The summed E-state index contributed by atoms with van der Waals surface area (Å²) in [5.41, 5.74) is 0. The van der Waals surface area contributed by atoms with Gasteiger partial charge in [-0.05, 0) is 30.9 Å². The molecular weight excluding hydrogens is 254 g/mol. The third kappa shape index (κ3) is 3.13. The van der Waals surface area contributed by atoms with Crippen LogP contribution in [0.15, 0.2) is 36.4 Å². The van der Waals surface area contributed by atoms with Crippen LogP contribution < -0.4 is 14.8 Å². The summed E-state index contributed by atoms with van der Waals surface area (Å²) in [6.45, 7) is 0.963. The van der Waals surface area contributed by atoms with Crippen LogP contribution in [0.4, 0.5) is 0 Å². The highest BCUT2D eigenvalue weighted by atomic mass is 16.6. The van der Waals surface area contributed by atoms with Crippen molar-refractivity contribution in [3.8, 4) is 11.5 Å². The molecule has 1 aliphatic carbocycles. The van der Waals surface area contributed by atoms with E-state index in [-0.39, 0.29) is 12.0 Å². The molecular formula is C16H19NO3. The van der Waals surface area contributed by atoms with E-state index in [0.29, 0.717) is 25.5 Å². The summed E-state index contributed by atoms with van der Waals surface area (Å²) in [5.74, 6) is 2.01. The van der Waals surface area contributed by atoms with E-state index >= 15 is 0 Å². The van der Waals surface area contributed by atoms with E-state index in [4.69, 9.17) is 9.47 Å². The minimum Gasteiger partial charge on any atom is -0.486 e. The summed E-state index contributed by atoms with van der Waals surface area (Å²) in [7, 11) is 0. The summed E-state index contributed by atoms with van der Waals surface area (Å²) in [4.78, 5) is 11.8. The molecule has 0 saturated heterocycles. The Morgan fingerprint density at radius 1 is 1.30 bits per heavy atom. The highest BCUT2D eigenvalue weighted by Crippen LogP contribution is 2.30. The molecule has 0 saturated carbocycles. The summed E-state index contributed by atoms with van der Waals surface area (Å²) >= 11 is 0. The number of para-hydroxylation sites is 2. The average Bonchev–Trinajstić information content (AvgIpc) is 2.98. The molecule has 2 atom stereocenters. The van der Waals surface area contributed by atoms with Crippen LogP contribution in [0, 0.1) is 5.92 Å². The largest absolute Gasteiger partial charge is 0.486 e. The lowest BCUT2D eigenvalue weighted by Crippen LogP contribution is -2.41. The fraction of sp³-hybridized carbons (Fsp3) is 0.438. The van der Waals surface area contributed by atoms with Gasteiger partial charge < -0.3 is 14.8 Å². The summed E-state index contributed by atoms with van der Waals surface area (Å²) in [5, 5.41) is 2.93. The second kappa shape index (κ2) is 5.99. The van der Waals surface area contributed by atoms with E-state index in [9.17, 15) is 4.79 Å². The maximum Gasteiger partial charge on any atom is 0.220 e. The molecule has 0 bridgehead atoms. The molecule has 1 heterocycles. The molecule has 1 aromatic carbocycles. The number of carbonyl (C=O) groups is 1. The van der Waals surface area contributed by atoms with E-state index in [1.54, 1.807) is 0 Å². The zero-order valence-electron chi connectivity index (χ0n) is 11.4. The van der Waals surface area contributed by atoms with E-state index in [1.165, 1.54) is 0 Å². The third-order valence-corrected chi connectivity index (χ3v) is 3.65. The Kier molecular flexibility index (Phi) is 3.90. The molecule has 4 nitrogen and oxygen atoms in total. The van der Waals surface area contributed by atoms with E-state index in [1.807, 2.05) is 24.3 Å². The molecule has 4 heteroatoms. The molecule has 20 heavy (non-hydrogen) atoms. The Bertz CT molecular complexity index is 512. The van der Waals surface area contributed by atoms with Crippen LogP contribution in [0.1, 0.15) is 19.3 Å². The number of ether oxygens (including phenoxy) is 2. The van der Waals surface area contributed by atoms with Crippen molar-refractivity contribution in [3.05, 3.63) is 36.4 Å². The number of carbonyl (C=O) groups excluding carboxylic acids is 1. The number of hydrogen-bond acceptors (Lipinski definition) is 3. The van der Waals surface area contributed by atoms with E-state index in [0.717, 1.165) is 24.3 Å². The first-order valence-corrected chi connectivity index (χ1v) is 7.13. The lowest BCUT2D eigenvalue weighted by molar-refractivity contribution is -0.122. The van der Waals surface area contributed by atoms with Gasteiger partial charge >= 0.3 is 0 Å². The highest BCUT2D eigenvalue weighted by Gasteiger charge is 2.21. The molecule has 0 fully saturated rings. The number of allylic oxidation sites excluding steroid dienone is 2. The minimum atomic E-state index is -0.118. The Labute approximate surface area is 118 Å². The minimum absolute atomic E-state index is 0.0870. The molecule has 0 radical (unpaired) electrons. The van der Waals surface area contributed by atoms with Crippen LogP contribution in [0.5, 0.6) is 11.5 Å². The van der Waals surface area contributed by atoms with Gasteiger partial charge in [0.1, 0.15) is 12.7 Å². The van der Waals surface area contributed by atoms with E-state index < -0.39 is 0 Å². The van der Waals surface area contributed by atoms with Crippen molar-refractivity contribution < 1.29 is 14.3 Å². The Balaban J connectivity index is 1.45. The first-order valence-electron chi connectivity index (χ1n) is 7.13. The number of benzene rings is 1. The summed E-state index contributed by atoms with van der Waals surface area (Å²) in [6.07, 6.45) is 6.91. The van der Waals surface area contributed by atoms with Crippen molar-refractivity contribution >= 4 is 5.91 Å². The van der Waals surface area contributed by atoms with Gasteiger partial charge in [-0.2, -0.15) is 0 Å². The van der Waals surface area contributed by atoms with Gasteiger partial charge in [-0.1, -0.05) is 24.3 Å². The Morgan fingerprint density at radius 2 is 2.15 bits per heavy atom. The van der Waals surface area contributed by atoms with Gasteiger partial charge in [0.15, 0.2) is 11.5 Å². The number of nitrogens with one attached hydrogen (secondary N) is 1. The smallest absolute Gasteiger partial charge is 0.220 e. The molecule has 1 aromatic rings. The maximum absolute atomic E-state index is 11.8. The van der Waals surface area contributed by atoms with E-state index in [2.05, 4.69) is 17.5 Å². The number of fused-ring (bicyclic) bond motifs is 1. The lowest BCUT2D eigenvalue weighted by Gasteiger charge is -2.26. The first kappa shape index (κ1) is 13.0. The van der Waals surface area contributed by atoms with Crippen molar-refractivity contribution in [1.29, 1.82) is 0 Å². The van der Waals surface area contributed by atoms with Gasteiger partial charge in [0, 0.05) is 6.42 Å². The standard InChI is InChI=1S/C16H19NO3/c18-16(9-12-5-1-2-6-12)17-10-13-11-19-14-7-3-4-8-15(14)20-13/h1,3-5,7-8,12-13H,2,6,9-11H2,(H,17,18). The Morgan fingerprint density at radius 3 is 2.95 bits per heavy atom. The molecule has 2 aliphatic rings. The topological polar surface area (TPSA) is 47.6 Å². The highest BCUT2D eigenvalue weighted by molar-refractivity contribution is 5.76. The van der Waals surface area contributed by atoms with Crippen molar-refractivity contribution in [2.45, 2.75) is 25.4 Å². The zero-order chi connectivity index (χ0) is 13.8. The Hall–Kier alpha value is -1.97. The molecule has 2 unspecified atom stereocenters. The van der Waals surface area contributed by atoms with Crippen molar-refractivity contribution in [2.24, 2.45) is 5.92 Å². The van der Waals surface area contributed by atoms with Crippen molar-refractivity contribution in [2.75, 3.05) is 13.2 Å². The fourth-order valence-corrected chi connectivity index (χ4v) is 2.57. The van der Waals surface area contributed by atoms with Crippen molar-refractivity contribution in [1.82, 2.24) is 5.32 Å². The normalized spacial score (nSPS) is 23.6.